The Hall–Kier alpha value is -1.51. The predicted molar refractivity (Wildman–Crippen MR) is 68.6 cm³/mol. The summed E-state index contributed by atoms with van der Waals surface area (Å²) < 4.78 is 0. The molecule has 1 aromatic carbocycles. The molecule has 1 aromatic rings. The van der Waals surface area contributed by atoms with Gasteiger partial charge in [-0.2, -0.15) is 0 Å². The first-order valence-electron chi connectivity index (χ1n) is 6.29. The highest BCUT2D eigenvalue weighted by molar-refractivity contribution is 5.94. The summed E-state index contributed by atoms with van der Waals surface area (Å²) in [5.41, 5.74) is 1.29. The maximum absolute atomic E-state index is 11.2. The van der Waals surface area contributed by atoms with Crippen molar-refractivity contribution in [3.8, 4) is 0 Å². The molecule has 0 saturated carbocycles. The number of aromatic carboxylic acids is 1. The first kappa shape index (κ1) is 12.0. The van der Waals surface area contributed by atoms with Gasteiger partial charge < -0.3 is 10.0 Å². The Kier molecular flexibility index (Phi) is 3.67. The molecule has 1 saturated heterocycles. The van der Waals surface area contributed by atoms with Crippen LogP contribution >= 0.6 is 0 Å². The van der Waals surface area contributed by atoms with Gasteiger partial charge in [0, 0.05) is 13.1 Å². The van der Waals surface area contributed by atoms with Gasteiger partial charge in [-0.25, -0.2) is 4.79 Å². The second-order valence-electron chi connectivity index (χ2n) is 4.71. The summed E-state index contributed by atoms with van der Waals surface area (Å²) in [6.07, 6.45) is 3.63. The van der Waals surface area contributed by atoms with E-state index in [2.05, 4.69) is 11.8 Å². The normalized spacial score (nSPS) is 19.6. The lowest BCUT2D eigenvalue weighted by Gasteiger charge is -2.20. The Labute approximate surface area is 102 Å². The zero-order chi connectivity index (χ0) is 12.3. The van der Waals surface area contributed by atoms with Crippen LogP contribution in [-0.4, -0.2) is 24.2 Å². The van der Waals surface area contributed by atoms with Crippen LogP contribution in [0.25, 0.3) is 0 Å². The number of nitrogens with zero attached hydrogens (tertiary/aromatic N) is 1. The Morgan fingerprint density at radius 3 is 2.94 bits per heavy atom. The maximum Gasteiger partial charge on any atom is 0.337 e. The van der Waals surface area contributed by atoms with E-state index in [0.29, 0.717) is 5.56 Å². The zero-order valence-electron chi connectivity index (χ0n) is 10.2. The summed E-state index contributed by atoms with van der Waals surface area (Å²) >= 11 is 0. The average molecular weight is 233 g/mol. The Morgan fingerprint density at radius 2 is 2.24 bits per heavy atom. The number of rotatable bonds is 4. The summed E-state index contributed by atoms with van der Waals surface area (Å²) in [4.78, 5) is 13.4. The van der Waals surface area contributed by atoms with Crippen LogP contribution in [0.3, 0.4) is 0 Å². The van der Waals surface area contributed by atoms with Gasteiger partial charge in [0.1, 0.15) is 0 Å². The third-order valence-electron chi connectivity index (χ3n) is 3.46. The lowest BCUT2D eigenvalue weighted by Crippen LogP contribution is -2.22. The second kappa shape index (κ2) is 5.21. The van der Waals surface area contributed by atoms with Gasteiger partial charge in [-0.15, -0.1) is 0 Å². The average Bonchev–Trinajstić information content (AvgIpc) is 2.78. The molecule has 3 heteroatoms. The van der Waals surface area contributed by atoms with E-state index in [-0.39, 0.29) is 0 Å². The zero-order valence-corrected chi connectivity index (χ0v) is 10.2. The molecule has 1 atom stereocenters. The number of benzene rings is 1. The molecular weight excluding hydrogens is 214 g/mol. The van der Waals surface area contributed by atoms with Crippen molar-refractivity contribution >= 4 is 11.7 Å². The molecule has 0 aliphatic carbocycles. The van der Waals surface area contributed by atoms with Crippen molar-refractivity contribution in [2.24, 2.45) is 5.92 Å². The van der Waals surface area contributed by atoms with Crippen LogP contribution in [0.4, 0.5) is 5.69 Å². The van der Waals surface area contributed by atoms with Crippen LogP contribution in [0, 0.1) is 5.92 Å². The fourth-order valence-corrected chi connectivity index (χ4v) is 2.63. The van der Waals surface area contributed by atoms with E-state index in [4.69, 9.17) is 5.11 Å². The van der Waals surface area contributed by atoms with Crippen molar-refractivity contribution in [2.45, 2.75) is 26.2 Å². The second-order valence-corrected chi connectivity index (χ2v) is 4.71. The van der Waals surface area contributed by atoms with Gasteiger partial charge in [0.25, 0.3) is 0 Å². The van der Waals surface area contributed by atoms with Crippen LogP contribution in [0.1, 0.15) is 36.5 Å². The highest BCUT2D eigenvalue weighted by atomic mass is 16.4. The van der Waals surface area contributed by atoms with Gasteiger partial charge in [-0.3, -0.25) is 0 Å². The lowest BCUT2D eigenvalue weighted by atomic mass is 10.0. The molecule has 1 N–H and O–H groups in total. The molecule has 0 spiro atoms. The quantitative estimate of drug-likeness (QED) is 0.869. The van der Waals surface area contributed by atoms with E-state index in [0.717, 1.165) is 24.7 Å². The van der Waals surface area contributed by atoms with Crippen molar-refractivity contribution in [3.05, 3.63) is 29.8 Å². The van der Waals surface area contributed by atoms with E-state index in [9.17, 15) is 4.79 Å². The minimum absolute atomic E-state index is 0.421. The monoisotopic (exact) mass is 233 g/mol. The SMILES string of the molecule is CCCC1CCN(c2ccccc2C(=O)O)C1. The molecule has 1 unspecified atom stereocenters. The van der Waals surface area contributed by atoms with Crippen molar-refractivity contribution in [1.29, 1.82) is 0 Å². The number of anilines is 1. The molecule has 0 amide bonds. The third-order valence-corrected chi connectivity index (χ3v) is 3.46. The van der Waals surface area contributed by atoms with Gasteiger partial charge in [-0.05, 0) is 30.9 Å². The topological polar surface area (TPSA) is 40.5 Å². The highest BCUT2D eigenvalue weighted by Crippen LogP contribution is 2.28. The lowest BCUT2D eigenvalue weighted by molar-refractivity contribution is 0.0697. The van der Waals surface area contributed by atoms with Crippen molar-refractivity contribution in [3.63, 3.8) is 0 Å². The van der Waals surface area contributed by atoms with E-state index < -0.39 is 5.97 Å². The van der Waals surface area contributed by atoms with Crippen molar-refractivity contribution < 1.29 is 9.90 Å². The van der Waals surface area contributed by atoms with E-state index in [1.165, 1.54) is 19.3 Å². The molecule has 3 nitrogen and oxygen atoms in total. The fraction of sp³-hybridized carbons (Fsp3) is 0.500. The summed E-state index contributed by atoms with van der Waals surface area (Å²) in [5, 5.41) is 9.17. The summed E-state index contributed by atoms with van der Waals surface area (Å²) in [7, 11) is 0. The largest absolute Gasteiger partial charge is 0.478 e. The molecule has 17 heavy (non-hydrogen) atoms. The Balaban J connectivity index is 2.16. The molecule has 92 valence electrons. The number of carbonyl (C=O) groups is 1. The molecular formula is C14H19NO2. The van der Waals surface area contributed by atoms with Crippen LogP contribution < -0.4 is 4.90 Å². The minimum atomic E-state index is -0.834. The third kappa shape index (κ3) is 2.60. The smallest absolute Gasteiger partial charge is 0.337 e. The highest BCUT2D eigenvalue weighted by Gasteiger charge is 2.24. The van der Waals surface area contributed by atoms with Gasteiger partial charge in [0.15, 0.2) is 0 Å². The minimum Gasteiger partial charge on any atom is -0.478 e. The molecule has 2 rings (SSSR count). The first-order chi connectivity index (χ1) is 8.22. The van der Waals surface area contributed by atoms with Gasteiger partial charge in [0.05, 0.1) is 11.3 Å². The van der Waals surface area contributed by atoms with E-state index >= 15 is 0 Å². The molecule has 0 aromatic heterocycles. The Morgan fingerprint density at radius 1 is 1.47 bits per heavy atom. The number of hydrogen-bond donors (Lipinski definition) is 1. The molecule has 1 fully saturated rings. The number of carboxylic acid groups (broad SMARTS) is 1. The van der Waals surface area contributed by atoms with Crippen LogP contribution in [0.2, 0.25) is 0 Å². The van der Waals surface area contributed by atoms with Crippen LogP contribution in [0.15, 0.2) is 24.3 Å². The number of carboxylic acids is 1. The summed E-state index contributed by atoms with van der Waals surface area (Å²) in [5.74, 6) is -0.110. The number of hydrogen-bond acceptors (Lipinski definition) is 2. The van der Waals surface area contributed by atoms with Gasteiger partial charge in [0.2, 0.25) is 0 Å². The molecule has 0 radical (unpaired) electrons. The van der Waals surface area contributed by atoms with Gasteiger partial charge in [-0.1, -0.05) is 25.5 Å². The number of para-hydroxylation sites is 1. The summed E-state index contributed by atoms with van der Waals surface area (Å²) in [6.45, 7) is 4.18. The fourth-order valence-electron chi connectivity index (χ4n) is 2.63. The van der Waals surface area contributed by atoms with Gasteiger partial charge >= 0.3 is 5.97 Å². The van der Waals surface area contributed by atoms with Crippen molar-refractivity contribution in [1.82, 2.24) is 0 Å². The summed E-state index contributed by atoms with van der Waals surface area (Å²) in [6, 6.07) is 7.30. The molecule has 1 aliphatic heterocycles. The molecule has 1 aliphatic rings. The Bertz CT molecular complexity index is 403. The first-order valence-corrected chi connectivity index (χ1v) is 6.29. The van der Waals surface area contributed by atoms with Crippen LogP contribution in [0.5, 0.6) is 0 Å². The maximum atomic E-state index is 11.2. The van der Waals surface area contributed by atoms with Crippen molar-refractivity contribution in [2.75, 3.05) is 18.0 Å². The predicted octanol–water partition coefficient (Wildman–Crippen LogP) is 3.01. The van der Waals surface area contributed by atoms with E-state index in [1.807, 2.05) is 12.1 Å². The molecule has 0 bridgehead atoms. The standard InChI is InChI=1S/C14H19NO2/c1-2-5-11-8-9-15(10-11)13-7-4-3-6-12(13)14(16)17/h3-4,6-7,11H,2,5,8-10H2,1H3,(H,16,17). The van der Waals surface area contributed by atoms with Crippen LogP contribution in [-0.2, 0) is 0 Å². The molecule has 1 heterocycles. The van der Waals surface area contributed by atoms with E-state index in [1.54, 1.807) is 12.1 Å².